The number of rotatable bonds is 0. The topological polar surface area (TPSA) is 45.8 Å². The Hall–Kier alpha value is -0.770. The molecule has 0 aromatic carbocycles. The molecule has 0 amide bonds. The Kier molecular flexibility index (Phi) is 1.72. The molecule has 1 unspecified atom stereocenters. The summed E-state index contributed by atoms with van der Waals surface area (Å²) in [5.74, 6) is 0.709. The van der Waals surface area contributed by atoms with Gasteiger partial charge in [-0.3, -0.25) is 4.79 Å². The maximum absolute atomic E-state index is 11.3. The summed E-state index contributed by atoms with van der Waals surface area (Å²) in [6.45, 7) is 3.93. The van der Waals surface area contributed by atoms with E-state index >= 15 is 0 Å². The molecule has 0 saturated carbocycles. The van der Waals surface area contributed by atoms with Gasteiger partial charge in [-0.2, -0.15) is 4.98 Å². The third-order valence-corrected chi connectivity index (χ3v) is 3.06. The molecule has 2 rings (SSSR count). The number of nitrogens with zero attached hydrogens (tertiary/aromatic N) is 1. The molecule has 3 nitrogen and oxygen atoms in total. The smallest absolute Gasteiger partial charge is 0.277 e. The lowest BCUT2D eigenvalue weighted by atomic mass is 10.2. The van der Waals surface area contributed by atoms with Crippen LogP contribution in [-0.2, 0) is 6.42 Å². The van der Waals surface area contributed by atoms with E-state index in [0.717, 1.165) is 17.0 Å². The summed E-state index contributed by atoms with van der Waals surface area (Å²) in [5, 5.41) is 1.52. The highest BCUT2D eigenvalue weighted by Gasteiger charge is 2.22. The van der Waals surface area contributed by atoms with Crippen LogP contribution < -0.4 is 5.56 Å². The van der Waals surface area contributed by atoms with Crippen molar-refractivity contribution in [2.45, 2.75) is 30.5 Å². The number of H-pyrrole nitrogens is 1. The Morgan fingerprint density at radius 1 is 1.67 bits per heavy atom. The van der Waals surface area contributed by atoms with Crippen LogP contribution in [0.1, 0.15) is 18.3 Å². The summed E-state index contributed by atoms with van der Waals surface area (Å²) in [6, 6.07) is 0. The Balaban J connectivity index is 2.60. The molecule has 1 aliphatic rings. The predicted octanol–water partition coefficient (Wildman–Crippen LogP) is 1.12. The third kappa shape index (κ3) is 1.16. The summed E-state index contributed by atoms with van der Waals surface area (Å²) in [5.41, 5.74) is 0.802. The van der Waals surface area contributed by atoms with Gasteiger partial charge in [0.1, 0.15) is 5.82 Å². The first-order valence-corrected chi connectivity index (χ1v) is 4.81. The molecule has 0 fully saturated rings. The first-order chi connectivity index (χ1) is 5.66. The standard InChI is InChI=1S/C8H10N2OS/c1-4-3-6-7(11)9-5(2)10-8(6)12-4/h4H,3H2,1-2H3,(H,9,10,11). The summed E-state index contributed by atoms with van der Waals surface area (Å²) >= 11 is 1.72. The zero-order chi connectivity index (χ0) is 8.72. The van der Waals surface area contributed by atoms with Crippen molar-refractivity contribution in [3.63, 3.8) is 0 Å². The number of thioether (sulfide) groups is 1. The molecular weight excluding hydrogens is 172 g/mol. The van der Waals surface area contributed by atoms with Crippen molar-refractivity contribution in [1.29, 1.82) is 0 Å². The molecule has 0 saturated heterocycles. The second kappa shape index (κ2) is 2.62. The molecule has 1 N–H and O–H groups in total. The fourth-order valence-corrected chi connectivity index (χ4v) is 2.57. The molecule has 1 atom stereocenters. The van der Waals surface area contributed by atoms with E-state index in [1.54, 1.807) is 11.8 Å². The number of aromatic amines is 1. The van der Waals surface area contributed by atoms with Crippen LogP contribution in [0.15, 0.2) is 9.82 Å². The van der Waals surface area contributed by atoms with Crippen LogP contribution in [0.5, 0.6) is 0 Å². The van der Waals surface area contributed by atoms with Crippen LogP contribution in [0, 0.1) is 6.92 Å². The summed E-state index contributed by atoms with van der Waals surface area (Å²) in [6.07, 6.45) is 0.850. The lowest BCUT2D eigenvalue weighted by Gasteiger charge is -1.97. The molecule has 1 aromatic rings. The van der Waals surface area contributed by atoms with Gasteiger partial charge in [-0.25, -0.2) is 0 Å². The second-order valence-corrected chi connectivity index (χ2v) is 4.52. The van der Waals surface area contributed by atoms with Gasteiger partial charge in [0.25, 0.3) is 5.56 Å². The second-order valence-electron chi connectivity index (χ2n) is 3.07. The summed E-state index contributed by atoms with van der Waals surface area (Å²) in [4.78, 5) is 18.3. The predicted molar refractivity (Wildman–Crippen MR) is 48.6 cm³/mol. The number of nitrogens with one attached hydrogen (secondary N) is 1. The van der Waals surface area contributed by atoms with E-state index < -0.39 is 0 Å². The van der Waals surface area contributed by atoms with Crippen LogP contribution in [0.4, 0.5) is 0 Å². The third-order valence-electron chi connectivity index (χ3n) is 1.91. The highest BCUT2D eigenvalue weighted by Crippen LogP contribution is 2.32. The van der Waals surface area contributed by atoms with Crippen molar-refractivity contribution < 1.29 is 0 Å². The average molecular weight is 182 g/mol. The molecule has 0 aliphatic carbocycles. The number of aromatic nitrogens is 2. The highest BCUT2D eigenvalue weighted by atomic mass is 32.2. The lowest BCUT2D eigenvalue weighted by molar-refractivity contribution is 0.867. The van der Waals surface area contributed by atoms with Gasteiger partial charge >= 0.3 is 0 Å². The zero-order valence-electron chi connectivity index (χ0n) is 7.05. The average Bonchev–Trinajstić information content (AvgIpc) is 2.29. The fraction of sp³-hybridized carbons (Fsp3) is 0.500. The minimum atomic E-state index is -0.0573. The van der Waals surface area contributed by atoms with Gasteiger partial charge in [0.15, 0.2) is 0 Å². The van der Waals surface area contributed by atoms with Gasteiger partial charge in [-0.15, -0.1) is 11.8 Å². The molecule has 2 heterocycles. The molecule has 4 heteroatoms. The summed E-state index contributed by atoms with van der Waals surface area (Å²) in [7, 11) is 0. The largest absolute Gasteiger partial charge is 0.338 e. The first kappa shape index (κ1) is 7.86. The van der Waals surface area contributed by atoms with Crippen molar-refractivity contribution in [2.75, 3.05) is 0 Å². The molecule has 1 aliphatic heterocycles. The normalized spacial score (nSPS) is 21.0. The molecular formula is C8H10N2OS. The highest BCUT2D eigenvalue weighted by molar-refractivity contribution is 8.00. The van der Waals surface area contributed by atoms with Crippen molar-refractivity contribution >= 4 is 11.8 Å². The van der Waals surface area contributed by atoms with E-state index in [0.29, 0.717) is 11.1 Å². The van der Waals surface area contributed by atoms with Crippen LogP contribution in [0.2, 0.25) is 0 Å². The van der Waals surface area contributed by atoms with E-state index in [1.807, 2.05) is 6.92 Å². The SMILES string of the molecule is Cc1nc(=O)c2c([nH]1)SC(C)C2. The van der Waals surface area contributed by atoms with E-state index in [2.05, 4.69) is 16.9 Å². The van der Waals surface area contributed by atoms with E-state index in [4.69, 9.17) is 0 Å². The van der Waals surface area contributed by atoms with Crippen LogP contribution in [0.3, 0.4) is 0 Å². The molecule has 12 heavy (non-hydrogen) atoms. The van der Waals surface area contributed by atoms with E-state index in [9.17, 15) is 4.79 Å². The molecule has 0 radical (unpaired) electrons. The first-order valence-electron chi connectivity index (χ1n) is 3.93. The number of hydrogen-bond donors (Lipinski definition) is 1. The number of fused-ring (bicyclic) bond motifs is 1. The number of hydrogen-bond acceptors (Lipinski definition) is 3. The molecule has 64 valence electrons. The van der Waals surface area contributed by atoms with Crippen molar-refractivity contribution in [2.24, 2.45) is 0 Å². The zero-order valence-corrected chi connectivity index (χ0v) is 7.86. The molecule has 0 bridgehead atoms. The Morgan fingerprint density at radius 2 is 2.42 bits per heavy atom. The number of aryl methyl sites for hydroxylation is 1. The molecule has 0 spiro atoms. The van der Waals surface area contributed by atoms with Crippen LogP contribution in [-0.4, -0.2) is 15.2 Å². The van der Waals surface area contributed by atoms with Crippen LogP contribution >= 0.6 is 11.8 Å². The Bertz CT molecular complexity index is 372. The maximum atomic E-state index is 11.3. The minimum absolute atomic E-state index is 0.0573. The maximum Gasteiger partial charge on any atom is 0.277 e. The van der Waals surface area contributed by atoms with Gasteiger partial charge in [-0.05, 0) is 13.3 Å². The monoisotopic (exact) mass is 182 g/mol. The van der Waals surface area contributed by atoms with Gasteiger partial charge in [0.2, 0.25) is 0 Å². The van der Waals surface area contributed by atoms with Gasteiger partial charge < -0.3 is 4.98 Å². The van der Waals surface area contributed by atoms with Crippen molar-refractivity contribution in [3.8, 4) is 0 Å². The van der Waals surface area contributed by atoms with Gasteiger partial charge in [0.05, 0.1) is 10.6 Å². The van der Waals surface area contributed by atoms with E-state index in [-0.39, 0.29) is 5.56 Å². The van der Waals surface area contributed by atoms with Crippen LogP contribution in [0.25, 0.3) is 0 Å². The Labute approximate surface area is 74.6 Å². The fourth-order valence-electron chi connectivity index (χ4n) is 1.40. The van der Waals surface area contributed by atoms with Crippen molar-refractivity contribution in [3.05, 3.63) is 21.7 Å². The van der Waals surface area contributed by atoms with Crippen molar-refractivity contribution in [1.82, 2.24) is 9.97 Å². The summed E-state index contributed by atoms with van der Waals surface area (Å²) < 4.78 is 0. The lowest BCUT2D eigenvalue weighted by Crippen LogP contribution is -2.15. The van der Waals surface area contributed by atoms with E-state index in [1.165, 1.54) is 0 Å². The quantitative estimate of drug-likeness (QED) is 0.611. The minimum Gasteiger partial charge on any atom is -0.338 e. The van der Waals surface area contributed by atoms with Gasteiger partial charge in [0, 0.05) is 5.25 Å². The molecule has 1 aromatic heterocycles. The Morgan fingerprint density at radius 3 is 3.17 bits per heavy atom. The van der Waals surface area contributed by atoms with Gasteiger partial charge in [-0.1, -0.05) is 6.92 Å².